The summed E-state index contributed by atoms with van der Waals surface area (Å²) in [5.41, 5.74) is 5.16. The van der Waals surface area contributed by atoms with Gasteiger partial charge in [0, 0.05) is 29.5 Å². The zero-order chi connectivity index (χ0) is 24.0. The van der Waals surface area contributed by atoms with Crippen LogP contribution in [0, 0.1) is 6.92 Å². The monoisotopic (exact) mass is 475 g/mol. The Balaban J connectivity index is 1.68. The van der Waals surface area contributed by atoms with Gasteiger partial charge in [0.15, 0.2) is 0 Å². The van der Waals surface area contributed by atoms with Gasteiger partial charge in [-0.1, -0.05) is 64.9 Å². The maximum atomic E-state index is 6.41. The van der Waals surface area contributed by atoms with Gasteiger partial charge in [-0.3, -0.25) is 0 Å². The third-order valence-electron chi connectivity index (χ3n) is 6.99. The van der Waals surface area contributed by atoms with E-state index in [2.05, 4.69) is 80.3 Å². The van der Waals surface area contributed by atoms with Gasteiger partial charge < -0.3 is 14.4 Å². The number of rotatable bonds is 9. The normalized spacial score (nSPS) is 15.9. The smallest absolute Gasteiger partial charge is 0.124 e. The summed E-state index contributed by atoms with van der Waals surface area (Å²) in [6.45, 7) is 9.77. The van der Waals surface area contributed by atoms with Gasteiger partial charge in [-0.25, -0.2) is 0 Å². The quantitative estimate of drug-likeness (QED) is 0.305. The SMILES string of the molecule is CCC(C)(Pc1ccc(C)cc1N1CCCCC1)c1cc(OC)ccc1OCc1ccccc1. The first-order valence-corrected chi connectivity index (χ1v) is 13.5. The highest BCUT2D eigenvalue weighted by Gasteiger charge is 2.31. The van der Waals surface area contributed by atoms with E-state index in [1.807, 2.05) is 12.1 Å². The van der Waals surface area contributed by atoms with Crippen LogP contribution >= 0.6 is 8.58 Å². The summed E-state index contributed by atoms with van der Waals surface area (Å²) in [5, 5.41) is 1.40. The van der Waals surface area contributed by atoms with Crippen molar-refractivity contribution in [3.05, 3.63) is 83.4 Å². The van der Waals surface area contributed by atoms with Crippen molar-refractivity contribution in [3.63, 3.8) is 0 Å². The molecule has 1 heterocycles. The maximum Gasteiger partial charge on any atom is 0.124 e. The molecule has 180 valence electrons. The van der Waals surface area contributed by atoms with Crippen molar-refractivity contribution in [2.75, 3.05) is 25.1 Å². The van der Waals surface area contributed by atoms with Crippen LogP contribution in [0.15, 0.2) is 66.7 Å². The highest BCUT2D eigenvalue weighted by Crippen LogP contribution is 2.49. The molecule has 0 aliphatic carbocycles. The number of anilines is 1. The molecule has 2 unspecified atom stereocenters. The predicted molar refractivity (Wildman–Crippen MR) is 147 cm³/mol. The third kappa shape index (κ3) is 5.76. The molecule has 3 aromatic carbocycles. The first-order valence-electron chi connectivity index (χ1n) is 12.5. The standard InChI is InChI=1S/C30H38NO2P/c1-5-30(3,34-29-17-14-23(2)20-27(29)31-18-10-7-11-19-31)26-21-25(32-4)15-16-28(26)33-22-24-12-8-6-9-13-24/h6,8-9,12-17,20-21,34H,5,7,10-11,18-19,22H2,1-4H3. The number of hydrogen-bond acceptors (Lipinski definition) is 3. The van der Waals surface area contributed by atoms with E-state index >= 15 is 0 Å². The molecule has 1 saturated heterocycles. The Morgan fingerprint density at radius 3 is 2.41 bits per heavy atom. The van der Waals surface area contributed by atoms with Crippen molar-refractivity contribution in [1.29, 1.82) is 0 Å². The van der Waals surface area contributed by atoms with Crippen LogP contribution < -0.4 is 19.7 Å². The molecule has 0 spiro atoms. The van der Waals surface area contributed by atoms with Crippen LogP contribution in [0.25, 0.3) is 0 Å². The zero-order valence-electron chi connectivity index (χ0n) is 21.1. The predicted octanol–water partition coefficient (Wildman–Crippen LogP) is 7.20. The summed E-state index contributed by atoms with van der Waals surface area (Å²) < 4.78 is 12.0. The minimum atomic E-state index is -0.0552. The van der Waals surface area contributed by atoms with Crippen LogP contribution in [-0.2, 0) is 11.8 Å². The van der Waals surface area contributed by atoms with Gasteiger partial charge in [-0.15, -0.1) is 0 Å². The lowest BCUT2D eigenvalue weighted by atomic mass is 9.96. The summed E-state index contributed by atoms with van der Waals surface area (Å²) in [4.78, 5) is 2.60. The molecule has 3 nitrogen and oxygen atoms in total. The molecular formula is C30H38NO2P. The molecule has 1 aliphatic rings. The molecule has 1 fully saturated rings. The van der Waals surface area contributed by atoms with E-state index in [0.717, 1.165) is 31.0 Å². The number of hydrogen-bond donors (Lipinski definition) is 0. The van der Waals surface area contributed by atoms with Gasteiger partial charge in [0.1, 0.15) is 18.1 Å². The van der Waals surface area contributed by atoms with Crippen molar-refractivity contribution >= 4 is 19.6 Å². The summed E-state index contributed by atoms with van der Waals surface area (Å²) in [5.74, 6) is 1.83. The van der Waals surface area contributed by atoms with E-state index in [1.165, 1.54) is 46.9 Å². The van der Waals surface area contributed by atoms with E-state index in [1.54, 1.807) is 7.11 Å². The van der Waals surface area contributed by atoms with Crippen LogP contribution in [-0.4, -0.2) is 20.2 Å². The second-order valence-corrected chi connectivity index (χ2v) is 11.4. The zero-order valence-corrected chi connectivity index (χ0v) is 22.1. The summed E-state index contributed by atoms with van der Waals surface area (Å²) >= 11 is 0. The summed E-state index contributed by atoms with van der Waals surface area (Å²) in [6.07, 6.45) is 4.94. The number of methoxy groups -OCH3 is 1. The molecule has 0 saturated carbocycles. The largest absolute Gasteiger partial charge is 0.497 e. The minimum absolute atomic E-state index is 0.0552. The number of ether oxygens (including phenoxy) is 2. The van der Waals surface area contributed by atoms with Gasteiger partial charge in [0.25, 0.3) is 0 Å². The van der Waals surface area contributed by atoms with Gasteiger partial charge >= 0.3 is 0 Å². The molecular weight excluding hydrogens is 437 g/mol. The Morgan fingerprint density at radius 1 is 0.941 bits per heavy atom. The fourth-order valence-corrected chi connectivity index (χ4v) is 6.34. The second kappa shape index (κ2) is 11.3. The third-order valence-corrected chi connectivity index (χ3v) is 8.85. The molecule has 1 aliphatic heterocycles. The van der Waals surface area contributed by atoms with Gasteiger partial charge in [-0.2, -0.15) is 0 Å². The first kappa shape index (κ1) is 24.6. The van der Waals surface area contributed by atoms with Crippen molar-refractivity contribution in [3.8, 4) is 11.5 Å². The number of nitrogens with zero attached hydrogens (tertiary/aromatic N) is 1. The van der Waals surface area contributed by atoms with E-state index < -0.39 is 0 Å². The van der Waals surface area contributed by atoms with Crippen molar-refractivity contribution < 1.29 is 9.47 Å². The van der Waals surface area contributed by atoms with Crippen molar-refractivity contribution in [2.45, 2.75) is 58.2 Å². The molecule has 0 radical (unpaired) electrons. The van der Waals surface area contributed by atoms with Gasteiger partial charge in [-0.05, 0) is 73.3 Å². The van der Waals surface area contributed by atoms with E-state index in [9.17, 15) is 0 Å². The van der Waals surface area contributed by atoms with E-state index in [-0.39, 0.29) is 5.16 Å². The van der Waals surface area contributed by atoms with Crippen LogP contribution in [0.1, 0.15) is 56.2 Å². The summed E-state index contributed by atoms with van der Waals surface area (Å²) in [7, 11) is 2.37. The number of aryl methyl sites for hydroxylation is 1. The molecule has 0 amide bonds. The lowest BCUT2D eigenvalue weighted by molar-refractivity contribution is 0.299. The maximum absolute atomic E-state index is 6.41. The Kier molecular flexibility index (Phi) is 8.16. The van der Waals surface area contributed by atoms with Gasteiger partial charge in [0.05, 0.1) is 7.11 Å². The van der Waals surface area contributed by atoms with Crippen molar-refractivity contribution in [2.24, 2.45) is 0 Å². The fraction of sp³-hybridized carbons (Fsp3) is 0.400. The lowest BCUT2D eigenvalue weighted by Crippen LogP contribution is -2.33. The van der Waals surface area contributed by atoms with Crippen LogP contribution in [0.4, 0.5) is 5.69 Å². The molecule has 34 heavy (non-hydrogen) atoms. The Hall–Kier alpha value is -2.51. The minimum Gasteiger partial charge on any atom is -0.497 e. The topological polar surface area (TPSA) is 21.7 Å². The van der Waals surface area contributed by atoms with Crippen molar-refractivity contribution in [1.82, 2.24) is 0 Å². The number of piperidine rings is 1. The molecule has 0 N–H and O–H groups in total. The Bertz CT molecular complexity index is 1080. The van der Waals surface area contributed by atoms with Crippen LogP contribution in [0.5, 0.6) is 11.5 Å². The summed E-state index contributed by atoms with van der Waals surface area (Å²) in [6, 6.07) is 23.7. The fourth-order valence-electron chi connectivity index (χ4n) is 4.72. The first-order chi connectivity index (χ1) is 16.5. The van der Waals surface area contributed by atoms with E-state index in [0.29, 0.717) is 15.2 Å². The number of benzene rings is 3. The highest BCUT2D eigenvalue weighted by atomic mass is 31.1. The lowest BCUT2D eigenvalue weighted by Gasteiger charge is -2.35. The molecule has 0 aromatic heterocycles. The molecule has 4 rings (SSSR count). The van der Waals surface area contributed by atoms with Crippen LogP contribution in [0.3, 0.4) is 0 Å². The average Bonchev–Trinajstić information content (AvgIpc) is 2.89. The Morgan fingerprint density at radius 2 is 1.71 bits per heavy atom. The molecule has 4 heteroatoms. The molecule has 2 atom stereocenters. The van der Waals surface area contributed by atoms with E-state index in [4.69, 9.17) is 9.47 Å². The second-order valence-electron chi connectivity index (χ2n) is 9.52. The Labute approximate surface area is 207 Å². The average molecular weight is 476 g/mol. The highest BCUT2D eigenvalue weighted by molar-refractivity contribution is 7.49. The van der Waals surface area contributed by atoms with Gasteiger partial charge in [0.2, 0.25) is 0 Å². The molecule has 3 aromatic rings. The molecule has 0 bridgehead atoms. The van der Waals surface area contributed by atoms with Crippen LogP contribution in [0.2, 0.25) is 0 Å².